The molecule has 0 aromatic carbocycles. The van der Waals surface area contributed by atoms with Gasteiger partial charge in [0.15, 0.2) is 4.77 Å². The fraction of sp³-hybridized carbons (Fsp3) is 0.778. The Morgan fingerprint density at radius 3 is 2.23 bits per heavy atom. The third-order valence-electron chi connectivity index (χ3n) is 3.04. The molecule has 0 saturated heterocycles. The van der Waals surface area contributed by atoms with E-state index < -0.39 is 0 Å². The van der Waals surface area contributed by atoms with Crippen molar-refractivity contribution in [3.8, 4) is 0 Å². The topological polar surface area (TPSA) is 33.6 Å². The van der Waals surface area contributed by atoms with E-state index in [9.17, 15) is 0 Å². The van der Waals surface area contributed by atoms with E-state index in [4.69, 9.17) is 12.2 Å². The molecule has 1 rings (SSSR count). The van der Waals surface area contributed by atoms with Gasteiger partial charge in [-0.3, -0.25) is 5.10 Å². The van der Waals surface area contributed by atoms with Crippen LogP contribution in [0.1, 0.15) is 40.0 Å². The molecular formula is C9H17N3S. The van der Waals surface area contributed by atoms with Gasteiger partial charge in [0.05, 0.1) is 0 Å². The van der Waals surface area contributed by atoms with Crippen LogP contribution in [0, 0.1) is 4.77 Å². The lowest BCUT2D eigenvalue weighted by atomic mass is 9.90. The normalized spacial score (nSPS) is 11.9. The molecule has 0 amide bonds. The van der Waals surface area contributed by atoms with Crippen LogP contribution in [0.15, 0.2) is 6.33 Å². The Labute approximate surface area is 84.2 Å². The largest absolute Gasteiger partial charge is 0.301 e. The van der Waals surface area contributed by atoms with Gasteiger partial charge in [-0.15, -0.1) is 0 Å². The molecule has 13 heavy (non-hydrogen) atoms. The van der Waals surface area contributed by atoms with Crippen molar-refractivity contribution in [1.29, 1.82) is 0 Å². The van der Waals surface area contributed by atoms with Crippen molar-refractivity contribution in [2.45, 2.75) is 45.6 Å². The van der Waals surface area contributed by atoms with E-state index in [1.165, 1.54) is 0 Å². The SMILES string of the molecule is CCC(CC)(CC)n1cn[nH]c1=S. The van der Waals surface area contributed by atoms with Crippen molar-refractivity contribution < 1.29 is 0 Å². The molecule has 1 N–H and O–H groups in total. The predicted molar refractivity (Wildman–Crippen MR) is 56.3 cm³/mol. The second kappa shape index (κ2) is 4.05. The van der Waals surface area contributed by atoms with E-state index in [1.54, 1.807) is 6.33 Å². The van der Waals surface area contributed by atoms with E-state index in [2.05, 4.69) is 35.5 Å². The van der Waals surface area contributed by atoms with Crippen molar-refractivity contribution in [2.24, 2.45) is 0 Å². The maximum atomic E-state index is 5.18. The Hall–Kier alpha value is -0.640. The molecule has 0 unspecified atom stereocenters. The summed E-state index contributed by atoms with van der Waals surface area (Å²) in [7, 11) is 0. The number of H-pyrrole nitrogens is 1. The molecule has 0 saturated carbocycles. The van der Waals surface area contributed by atoms with Crippen LogP contribution in [-0.4, -0.2) is 14.8 Å². The van der Waals surface area contributed by atoms with Crippen LogP contribution in [0.2, 0.25) is 0 Å². The monoisotopic (exact) mass is 199 g/mol. The van der Waals surface area contributed by atoms with Gasteiger partial charge in [0.1, 0.15) is 6.33 Å². The summed E-state index contributed by atoms with van der Waals surface area (Å²) < 4.78 is 2.81. The summed E-state index contributed by atoms with van der Waals surface area (Å²) in [6.45, 7) is 6.59. The lowest BCUT2D eigenvalue weighted by Gasteiger charge is -2.31. The quantitative estimate of drug-likeness (QED) is 0.756. The second-order valence-corrected chi connectivity index (χ2v) is 3.70. The first-order chi connectivity index (χ1) is 6.20. The molecule has 0 aliphatic heterocycles. The van der Waals surface area contributed by atoms with Gasteiger partial charge < -0.3 is 4.57 Å². The van der Waals surface area contributed by atoms with E-state index in [-0.39, 0.29) is 5.54 Å². The lowest BCUT2D eigenvalue weighted by molar-refractivity contribution is 0.247. The standard InChI is InChI=1S/C9H17N3S/c1-4-9(5-2,6-3)12-7-10-11-8(12)13/h7H,4-6H2,1-3H3,(H,11,13). The van der Waals surface area contributed by atoms with E-state index in [1.807, 2.05) is 0 Å². The Bertz CT molecular complexity index is 300. The summed E-state index contributed by atoms with van der Waals surface area (Å²) in [5.41, 5.74) is 0.157. The average molecular weight is 199 g/mol. The fourth-order valence-electron chi connectivity index (χ4n) is 1.85. The molecule has 0 aliphatic carbocycles. The highest BCUT2D eigenvalue weighted by Gasteiger charge is 2.26. The lowest BCUT2D eigenvalue weighted by Crippen LogP contribution is -2.31. The first kappa shape index (κ1) is 10.4. The maximum Gasteiger partial charge on any atom is 0.195 e. The summed E-state index contributed by atoms with van der Waals surface area (Å²) in [6.07, 6.45) is 5.08. The van der Waals surface area contributed by atoms with Gasteiger partial charge in [-0.2, -0.15) is 5.10 Å². The van der Waals surface area contributed by atoms with Gasteiger partial charge in [0.25, 0.3) is 0 Å². The molecule has 0 fully saturated rings. The van der Waals surface area contributed by atoms with E-state index in [0.29, 0.717) is 0 Å². The van der Waals surface area contributed by atoms with Crippen LogP contribution in [0.25, 0.3) is 0 Å². The van der Waals surface area contributed by atoms with Gasteiger partial charge in [-0.1, -0.05) is 20.8 Å². The van der Waals surface area contributed by atoms with Crippen LogP contribution < -0.4 is 0 Å². The van der Waals surface area contributed by atoms with Gasteiger partial charge in [0, 0.05) is 5.54 Å². The summed E-state index contributed by atoms with van der Waals surface area (Å²) in [5, 5.41) is 6.77. The molecule has 0 atom stereocenters. The Morgan fingerprint density at radius 2 is 1.92 bits per heavy atom. The van der Waals surface area contributed by atoms with Crippen LogP contribution in [-0.2, 0) is 5.54 Å². The van der Waals surface area contributed by atoms with Crippen molar-refractivity contribution >= 4 is 12.2 Å². The number of aromatic nitrogens is 3. The highest BCUT2D eigenvalue weighted by molar-refractivity contribution is 7.71. The zero-order chi connectivity index (χ0) is 9.90. The minimum Gasteiger partial charge on any atom is -0.301 e. The molecule has 4 heteroatoms. The molecule has 3 nitrogen and oxygen atoms in total. The average Bonchev–Trinajstić information content (AvgIpc) is 2.57. The van der Waals surface area contributed by atoms with Gasteiger partial charge >= 0.3 is 0 Å². The number of nitrogens with zero attached hydrogens (tertiary/aromatic N) is 2. The Kier molecular flexibility index (Phi) is 3.25. The summed E-state index contributed by atoms with van der Waals surface area (Å²) in [6, 6.07) is 0. The number of rotatable bonds is 4. The van der Waals surface area contributed by atoms with E-state index >= 15 is 0 Å². The zero-order valence-corrected chi connectivity index (χ0v) is 9.32. The molecule has 74 valence electrons. The van der Waals surface area contributed by atoms with Crippen LogP contribution in [0.5, 0.6) is 0 Å². The number of hydrogen-bond acceptors (Lipinski definition) is 2. The molecule has 1 aromatic heterocycles. The van der Waals surface area contributed by atoms with E-state index in [0.717, 1.165) is 24.0 Å². The minimum absolute atomic E-state index is 0.157. The third-order valence-corrected chi connectivity index (χ3v) is 3.33. The highest BCUT2D eigenvalue weighted by atomic mass is 32.1. The van der Waals surface area contributed by atoms with Crippen LogP contribution in [0.3, 0.4) is 0 Å². The molecule has 0 aliphatic rings. The van der Waals surface area contributed by atoms with Crippen LogP contribution in [0.4, 0.5) is 0 Å². The molecule has 0 bridgehead atoms. The zero-order valence-electron chi connectivity index (χ0n) is 8.50. The molecular weight excluding hydrogens is 182 g/mol. The van der Waals surface area contributed by atoms with Crippen molar-refractivity contribution in [2.75, 3.05) is 0 Å². The van der Waals surface area contributed by atoms with Gasteiger partial charge in [0.2, 0.25) is 0 Å². The number of hydrogen-bond donors (Lipinski definition) is 1. The Balaban J connectivity index is 3.15. The molecule has 1 heterocycles. The Morgan fingerprint density at radius 1 is 1.38 bits per heavy atom. The molecule has 0 radical (unpaired) electrons. The maximum absolute atomic E-state index is 5.18. The molecule has 1 aromatic rings. The summed E-state index contributed by atoms with van der Waals surface area (Å²) in [5.74, 6) is 0. The second-order valence-electron chi connectivity index (χ2n) is 3.32. The van der Waals surface area contributed by atoms with Crippen molar-refractivity contribution in [3.05, 3.63) is 11.1 Å². The summed E-state index contributed by atoms with van der Waals surface area (Å²) in [4.78, 5) is 0. The first-order valence-corrected chi connectivity index (χ1v) is 5.23. The van der Waals surface area contributed by atoms with Crippen LogP contribution >= 0.6 is 12.2 Å². The minimum atomic E-state index is 0.157. The fourth-order valence-corrected chi connectivity index (χ4v) is 2.14. The summed E-state index contributed by atoms with van der Waals surface area (Å²) >= 11 is 5.18. The predicted octanol–water partition coefficient (Wildman–Crippen LogP) is 2.87. The first-order valence-electron chi connectivity index (χ1n) is 4.82. The van der Waals surface area contributed by atoms with Crippen molar-refractivity contribution in [3.63, 3.8) is 0 Å². The number of aromatic amines is 1. The number of nitrogens with one attached hydrogen (secondary N) is 1. The third kappa shape index (κ3) is 1.68. The van der Waals surface area contributed by atoms with Gasteiger partial charge in [-0.25, -0.2) is 0 Å². The van der Waals surface area contributed by atoms with Crippen molar-refractivity contribution in [1.82, 2.24) is 14.8 Å². The van der Waals surface area contributed by atoms with Gasteiger partial charge in [-0.05, 0) is 31.5 Å². The highest BCUT2D eigenvalue weighted by Crippen LogP contribution is 2.28. The smallest absolute Gasteiger partial charge is 0.195 e. The molecule has 0 spiro atoms.